The number of carbonyl (C=O) groups is 1. The first-order chi connectivity index (χ1) is 14.8. The minimum atomic E-state index is -3.43. The number of aromatic nitrogens is 1. The van der Waals surface area contributed by atoms with Crippen molar-refractivity contribution in [1.82, 2.24) is 9.88 Å². The minimum absolute atomic E-state index is 0.0314. The molecular formula is C22H23ClN2O4S2. The van der Waals surface area contributed by atoms with Crippen LogP contribution in [0.1, 0.15) is 37.0 Å². The molecule has 1 aromatic heterocycles. The number of nitrogens with zero attached hydrogens (tertiary/aromatic N) is 2. The number of halogens is 1. The van der Waals surface area contributed by atoms with Crippen molar-refractivity contribution in [2.45, 2.75) is 42.9 Å². The number of hydrogen-bond donors (Lipinski definition) is 0. The number of piperidine rings is 1. The van der Waals surface area contributed by atoms with Gasteiger partial charge in [0.1, 0.15) is 11.6 Å². The Morgan fingerprint density at radius 2 is 1.90 bits per heavy atom. The topological polar surface area (TPSA) is 76.6 Å². The van der Waals surface area contributed by atoms with Crippen LogP contribution in [0.2, 0.25) is 5.02 Å². The predicted molar refractivity (Wildman–Crippen MR) is 123 cm³/mol. The fourth-order valence-electron chi connectivity index (χ4n) is 3.53. The van der Waals surface area contributed by atoms with Crippen LogP contribution in [0.3, 0.4) is 0 Å². The lowest BCUT2D eigenvalue weighted by molar-refractivity contribution is 0.0595. The Morgan fingerprint density at radius 1 is 1.19 bits per heavy atom. The number of fused-ring (bicyclic) bond motifs is 1. The van der Waals surface area contributed by atoms with Crippen molar-refractivity contribution in [3.8, 4) is 5.19 Å². The van der Waals surface area contributed by atoms with Crippen LogP contribution in [0.25, 0.3) is 10.2 Å². The quantitative estimate of drug-likeness (QED) is 0.525. The number of rotatable bonds is 5. The molecule has 1 aliphatic rings. The Labute approximate surface area is 190 Å². The van der Waals surface area contributed by atoms with Crippen LogP contribution in [0.5, 0.6) is 5.19 Å². The van der Waals surface area contributed by atoms with Crippen LogP contribution < -0.4 is 4.74 Å². The van der Waals surface area contributed by atoms with Gasteiger partial charge < -0.3 is 9.64 Å². The predicted octanol–water partition coefficient (Wildman–Crippen LogP) is 4.82. The van der Waals surface area contributed by atoms with Crippen LogP contribution >= 0.6 is 22.9 Å². The van der Waals surface area contributed by atoms with Crippen LogP contribution in [0.4, 0.5) is 0 Å². The fraction of sp³-hybridized carbons (Fsp3) is 0.364. The molecule has 0 bridgehead atoms. The molecule has 0 saturated carbocycles. The van der Waals surface area contributed by atoms with E-state index >= 15 is 0 Å². The number of ether oxygens (including phenoxy) is 1. The first-order valence-electron chi connectivity index (χ1n) is 10.1. The number of thiazole rings is 1. The molecule has 6 nitrogen and oxygen atoms in total. The highest BCUT2D eigenvalue weighted by atomic mass is 35.5. The molecule has 4 rings (SSSR count). The van der Waals surface area contributed by atoms with Crippen molar-refractivity contribution >= 4 is 48.9 Å². The Morgan fingerprint density at radius 3 is 2.58 bits per heavy atom. The van der Waals surface area contributed by atoms with E-state index in [1.165, 1.54) is 23.5 Å². The molecule has 2 heterocycles. The van der Waals surface area contributed by atoms with Crippen molar-refractivity contribution in [2.75, 3.05) is 13.1 Å². The average molecular weight is 479 g/mol. The minimum Gasteiger partial charge on any atom is -0.467 e. The fourth-order valence-corrected chi connectivity index (χ4v) is 5.81. The largest absolute Gasteiger partial charge is 0.467 e. The molecule has 0 aliphatic carbocycles. The second-order valence-electron chi connectivity index (χ2n) is 7.80. The maximum atomic E-state index is 12.9. The second-order valence-corrected chi connectivity index (χ2v) is 11.7. The number of para-hydroxylation sites is 1. The zero-order valence-corrected chi connectivity index (χ0v) is 19.6. The maximum Gasteiger partial charge on any atom is 0.274 e. The van der Waals surface area contributed by atoms with Gasteiger partial charge in [-0.05, 0) is 44.2 Å². The van der Waals surface area contributed by atoms with Gasteiger partial charge in [0.2, 0.25) is 0 Å². The summed E-state index contributed by atoms with van der Waals surface area (Å²) in [6.45, 7) is 4.34. The highest BCUT2D eigenvalue weighted by Gasteiger charge is 2.27. The van der Waals surface area contributed by atoms with Gasteiger partial charge in [-0.25, -0.2) is 13.4 Å². The van der Waals surface area contributed by atoms with E-state index in [1.807, 2.05) is 12.1 Å². The molecule has 164 valence electrons. The van der Waals surface area contributed by atoms with Crippen LogP contribution in [-0.4, -0.2) is 48.7 Å². The van der Waals surface area contributed by atoms with Crippen LogP contribution in [0, 0.1) is 0 Å². The summed E-state index contributed by atoms with van der Waals surface area (Å²) < 4.78 is 31.9. The number of carbonyl (C=O) groups excluding carboxylic acids is 1. The molecule has 0 N–H and O–H groups in total. The van der Waals surface area contributed by atoms with Crippen molar-refractivity contribution in [1.29, 1.82) is 0 Å². The van der Waals surface area contributed by atoms with Gasteiger partial charge in [-0.3, -0.25) is 4.79 Å². The lowest BCUT2D eigenvalue weighted by atomic mass is 10.1. The van der Waals surface area contributed by atoms with Crippen molar-refractivity contribution in [2.24, 2.45) is 0 Å². The Hall–Kier alpha value is -2.16. The zero-order chi connectivity index (χ0) is 22.2. The molecule has 0 spiro atoms. The number of amides is 1. The lowest BCUT2D eigenvalue weighted by Gasteiger charge is -2.31. The van der Waals surface area contributed by atoms with E-state index in [9.17, 15) is 13.2 Å². The summed E-state index contributed by atoms with van der Waals surface area (Å²) in [5.41, 5.74) is 1.13. The molecule has 1 saturated heterocycles. The third-order valence-corrected chi connectivity index (χ3v) is 8.75. The van der Waals surface area contributed by atoms with Crippen LogP contribution in [-0.2, 0) is 9.84 Å². The number of likely N-dealkylation sites (tertiary alicyclic amines) is 1. The van der Waals surface area contributed by atoms with Crippen molar-refractivity contribution < 1.29 is 17.9 Å². The molecule has 1 aliphatic heterocycles. The number of hydrogen-bond acceptors (Lipinski definition) is 6. The SMILES string of the molecule is CC(C)S(=O)(=O)c1cccc(C(=O)N2CCC(Oc3nc4c(Cl)cccc4s3)CC2)c1. The first kappa shape index (κ1) is 22.0. The van der Waals surface area contributed by atoms with Gasteiger partial charge in [0.25, 0.3) is 11.1 Å². The zero-order valence-electron chi connectivity index (χ0n) is 17.2. The molecule has 0 radical (unpaired) electrons. The summed E-state index contributed by atoms with van der Waals surface area (Å²) >= 11 is 7.65. The number of benzene rings is 2. The third-order valence-electron chi connectivity index (χ3n) is 5.38. The van der Waals surface area contributed by atoms with E-state index < -0.39 is 15.1 Å². The summed E-state index contributed by atoms with van der Waals surface area (Å²) in [4.78, 5) is 19.3. The average Bonchev–Trinajstić information content (AvgIpc) is 3.17. The summed E-state index contributed by atoms with van der Waals surface area (Å²) in [5.74, 6) is -0.161. The molecule has 31 heavy (non-hydrogen) atoms. The molecular weight excluding hydrogens is 456 g/mol. The van der Waals surface area contributed by atoms with E-state index in [0.717, 1.165) is 10.2 Å². The normalized spacial score (nSPS) is 15.5. The lowest BCUT2D eigenvalue weighted by Crippen LogP contribution is -2.41. The molecule has 3 aromatic rings. The molecule has 2 aromatic carbocycles. The maximum absolute atomic E-state index is 12.9. The number of sulfone groups is 1. The Kier molecular flexibility index (Phi) is 6.23. The van der Waals surface area contributed by atoms with Gasteiger partial charge >= 0.3 is 0 Å². The van der Waals surface area contributed by atoms with Gasteiger partial charge in [-0.1, -0.05) is 35.1 Å². The summed E-state index contributed by atoms with van der Waals surface area (Å²) in [6, 6.07) is 11.9. The van der Waals surface area contributed by atoms with Gasteiger partial charge in [-0.15, -0.1) is 0 Å². The van der Waals surface area contributed by atoms with Gasteiger partial charge in [0.05, 0.1) is 19.9 Å². The Bertz CT molecular complexity index is 1220. The summed E-state index contributed by atoms with van der Waals surface area (Å²) in [7, 11) is -3.43. The van der Waals surface area contributed by atoms with Crippen molar-refractivity contribution in [3.05, 3.63) is 53.1 Å². The first-order valence-corrected chi connectivity index (χ1v) is 12.8. The standard InChI is InChI=1S/C22H23ClN2O4S2/c1-14(2)31(27,28)17-6-3-5-15(13-17)21(26)25-11-9-16(10-12-25)29-22-24-20-18(23)7-4-8-19(20)30-22/h3-8,13-14,16H,9-12H2,1-2H3. The molecule has 9 heteroatoms. The van der Waals surface area contributed by atoms with E-state index in [0.29, 0.717) is 41.7 Å². The van der Waals surface area contributed by atoms with E-state index in [2.05, 4.69) is 4.98 Å². The van der Waals surface area contributed by atoms with Gasteiger partial charge in [0, 0.05) is 31.5 Å². The van der Waals surface area contributed by atoms with Gasteiger partial charge in [-0.2, -0.15) is 0 Å². The monoisotopic (exact) mass is 478 g/mol. The van der Waals surface area contributed by atoms with Gasteiger partial charge in [0.15, 0.2) is 9.84 Å². The van der Waals surface area contributed by atoms with E-state index in [4.69, 9.17) is 16.3 Å². The highest BCUT2D eigenvalue weighted by Crippen LogP contribution is 2.33. The second kappa shape index (κ2) is 8.76. The van der Waals surface area contributed by atoms with E-state index in [-0.39, 0.29) is 16.9 Å². The van der Waals surface area contributed by atoms with Crippen LogP contribution in [0.15, 0.2) is 47.4 Å². The summed E-state index contributed by atoms with van der Waals surface area (Å²) in [5, 5.41) is 0.647. The highest BCUT2D eigenvalue weighted by molar-refractivity contribution is 7.92. The van der Waals surface area contributed by atoms with Crippen molar-refractivity contribution in [3.63, 3.8) is 0 Å². The molecule has 0 unspecified atom stereocenters. The smallest absolute Gasteiger partial charge is 0.274 e. The molecule has 0 atom stereocenters. The summed E-state index contributed by atoms with van der Waals surface area (Å²) in [6.07, 6.45) is 1.33. The molecule has 1 amide bonds. The third kappa shape index (κ3) is 4.56. The Balaban J connectivity index is 1.40. The van der Waals surface area contributed by atoms with E-state index in [1.54, 1.807) is 36.9 Å². The molecule has 1 fully saturated rings.